The number of carbonyl (C=O) groups excluding carboxylic acids is 2. The van der Waals surface area contributed by atoms with Gasteiger partial charge < -0.3 is 10.1 Å². The number of Topliss-reactive ketones (excluding diaryl/α,β-unsaturated/α-hetero) is 1. The molecule has 1 aromatic heterocycles. The van der Waals surface area contributed by atoms with E-state index in [0.29, 0.717) is 24.3 Å². The van der Waals surface area contributed by atoms with Gasteiger partial charge in [0.15, 0.2) is 0 Å². The van der Waals surface area contributed by atoms with Crippen LogP contribution in [0.3, 0.4) is 0 Å². The lowest BCUT2D eigenvalue weighted by molar-refractivity contribution is -0.138. The summed E-state index contributed by atoms with van der Waals surface area (Å²) >= 11 is 1.36. The van der Waals surface area contributed by atoms with Crippen molar-refractivity contribution in [2.45, 2.75) is 32.2 Å². The zero-order valence-electron chi connectivity index (χ0n) is 16.6. The molecule has 1 N–H and O–H groups in total. The summed E-state index contributed by atoms with van der Waals surface area (Å²) in [5.41, 5.74) is 0.945. The quantitative estimate of drug-likeness (QED) is 0.351. The third-order valence-corrected chi connectivity index (χ3v) is 5.27. The summed E-state index contributed by atoms with van der Waals surface area (Å²) in [6.45, 7) is 0.414. The first-order chi connectivity index (χ1) is 15.0. The van der Waals surface area contributed by atoms with Crippen LogP contribution in [0, 0.1) is 11.6 Å². The number of amides is 1. The predicted octanol–water partition coefficient (Wildman–Crippen LogP) is 4.31. The molecule has 0 aliphatic carbocycles. The number of ketones is 1. The number of unbranched alkanes of at least 4 members (excludes halogenated alkanes) is 2. The van der Waals surface area contributed by atoms with Gasteiger partial charge in [0.2, 0.25) is 5.78 Å². The number of aromatic nitrogens is 2. The highest BCUT2D eigenvalue weighted by molar-refractivity contribution is 7.14. The fraction of sp³-hybridized carbons (Fsp3) is 0.273. The van der Waals surface area contributed by atoms with Gasteiger partial charge in [-0.1, -0.05) is 41.7 Å². The van der Waals surface area contributed by atoms with Gasteiger partial charge in [-0.25, -0.2) is 8.78 Å². The van der Waals surface area contributed by atoms with E-state index < -0.39 is 23.3 Å². The molecule has 3 rings (SSSR count). The van der Waals surface area contributed by atoms with Gasteiger partial charge >= 0.3 is 0 Å². The molecule has 1 heterocycles. The maximum atomic E-state index is 13.1. The van der Waals surface area contributed by atoms with Crippen LogP contribution in [0.15, 0.2) is 48.5 Å². The number of hydrogen-bond donors (Lipinski definition) is 1. The number of halogens is 2. The Hall–Kier alpha value is -3.20. The lowest BCUT2D eigenvalue weighted by atomic mass is 10.1. The SMILES string of the molecule is O=C(CCCCCOc1cc(F)cc(F)c1)C(=O)NCc1nnc(-c2ccccc2)s1. The highest BCUT2D eigenvalue weighted by Crippen LogP contribution is 2.22. The van der Waals surface area contributed by atoms with Crippen LogP contribution in [0.25, 0.3) is 10.6 Å². The second kappa shape index (κ2) is 11.3. The normalized spacial score (nSPS) is 10.6. The summed E-state index contributed by atoms with van der Waals surface area (Å²) in [6.07, 6.45) is 1.88. The topological polar surface area (TPSA) is 81.2 Å². The summed E-state index contributed by atoms with van der Waals surface area (Å²) in [4.78, 5) is 23.9. The molecule has 0 bridgehead atoms. The van der Waals surface area contributed by atoms with Gasteiger partial charge in [-0.3, -0.25) is 9.59 Å². The van der Waals surface area contributed by atoms with E-state index >= 15 is 0 Å². The Morgan fingerprint density at radius 1 is 0.968 bits per heavy atom. The molecule has 0 fully saturated rings. The van der Waals surface area contributed by atoms with E-state index in [0.717, 1.165) is 28.8 Å². The number of ether oxygens (including phenoxy) is 1. The Labute approximate surface area is 182 Å². The van der Waals surface area contributed by atoms with Gasteiger partial charge in [0.05, 0.1) is 13.2 Å². The Bertz CT molecular complexity index is 1010. The van der Waals surface area contributed by atoms with E-state index in [1.54, 1.807) is 0 Å². The molecule has 0 radical (unpaired) electrons. The first-order valence-electron chi connectivity index (χ1n) is 9.79. The largest absolute Gasteiger partial charge is 0.493 e. The number of rotatable bonds is 11. The Morgan fingerprint density at radius 2 is 1.71 bits per heavy atom. The molecule has 3 aromatic rings. The first-order valence-corrected chi connectivity index (χ1v) is 10.6. The zero-order valence-corrected chi connectivity index (χ0v) is 17.5. The minimum Gasteiger partial charge on any atom is -0.493 e. The van der Waals surface area contributed by atoms with Crippen LogP contribution in [0.1, 0.15) is 30.7 Å². The number of nitrogens with zero attached hydrogens (tertiary/aromatic N) is 2. The first kappa shape index (κ1) is 22.5. The van der Waals surface area contributed by atoms with E-state index in [1.807, 2.05) is 30.3 Å². The van der Waals surface area contributed by atoms with E-state index in [1.165, 1.54) is 11.3 Å². The van der Waals surface area contributed by atoms with Crippen molar-refractivity contribution < 1.29 is 23.1 Å². The molecular weight excluding hydrogens is 424 g/mol. The zero-order chi connectivity index (χ0) is 22.1. The number of hydrogen-bond acceptors (Lipinski definition) is 6. The van der Waals surface area contributed by atoms with E-state index in [2.05, 4.69) is 15.5 Å². The molecule has 0 aliphatic heterocycles. The Balaban J connectivity index is 1.31. The molecule has 1 amide bonds. The van der Waals surface area contributed by atoms with Crippen LogP contribution in [0.5, 0.6) is 5.75 Å². The second-order valence-corrected chi connectivity index (χ2v) is 7.80. The van der Waals surface area contributed by atoms with E-state index in [-0.39, 0.29) is 25.3 Å². The minimum atomic E-state index is -0.698. The van der Waals surface area contributed by atoms with E-state index in [9.17, 15) is 18.4 Å². The fourth-order valence-electron chi connectivity index (χ4n) is 2.76. The molecule has 0 atom stereocenters. The molecule has 9 heteroatoms. The van der Waals surface area contributed by atoms with Crippen molar-refractivity contribution in [2.75, 3.05) is 6.61 Å². The average Bonchev–Trinajstić information content (AvgIpc) is 3.23. The lowest BCUT2D eigenvalue weighted by Gasteiger charge is -2.06. The Morgan fingerprint density at radius 3 is 2.45 bits per heavy atom. The molecule has 0 saturated heterocycles. The van der Waals surface area contributed by atoms with E-state index in [4.69, 9.17) is 4.74 Å². The van der Waals surface area contributed by atoms with Crippen molar-refractivity contribution in [1.82, 2.24) is 15.5 Å². The molecule has 0 aliphatic rings. The predicted molar refractivity (Wildman–Crippen MR) is 113 cm³/mol. The standard InChI is InChI=1S/C22H21F2N3O3S/c23-16-11-17(24)13-18(12-16)30-10-6-2-5-9-19(28)21(29)25-14-20-26-27-22(31-20)15-7-3-1-4-8-15/h1,3-4,7-8,11-13H,2,5-6,9-10,14H2,(H,25,29). The molecule has 6 nitrogen and oxygen atoms in total. The van der Waals surface area contributed by atoms with Gasteiger partial charge in [-0.05, 0) is 19.3 Å². The average molecular weight is 445 g/mol. The molecule has 2 aromatic carbocycles. The number of benzene rings is 2. The van der Waals surface area contributed by atoms with Crippen molar-refractivity contribution in [3.63, 3.8) is 0 Å². The van der Waals surface area contributed by atoms with Gasteiger partial charge in [0.25, 0.3) is 5.91 Å². The summed E-state index contributed by atoms with van der Waals surface area (Å²) < 4.78 is 31.4. The maximum Gasteiger partial charge on any atom is 0.287 e. The van der Waals surface area contributed by atoms with Gasteiger partial charge in [0, 0.05) is 30.2 Å². The van der Waals surface area contributed by atoms with Gasteiger partial charge in [-0.15, -0.1) is 10.2 Å². The van der Waals surface area contributed by atoms with Crippen LogP contribution < -0.4 is 10.1 Å². The number of carbonyl (C=O) groups is 2. The molecule has 0 unspecified atom stereocenters. The number of nitrogens with one attached hydrogen (secondary N) is 1. The van der Waals surface area contributed by atoms with Crippen molar-refractivity contribution in [3.8, 4) is 16.3 Å². The molecule has 162 valence electrons. The molecule has 31 heavy (non-hydrogen) atoms. The summed E-state index contributed by atoms with van der Waals surface area (Å²) in [5, 5.41) is 12.1. The van der Waals surface area contributed by atoms with Crippen molar-refractivity contribution in [1.29, 1.82) is 0 Å². The monoisotopic (exact) mass is 445 g/mol. The third-order valence-electron chi connectivity index (χ3n) is 4.29. The summed E-state index contributed by atoms with van der Waals surface area (Å²) in [7, 11) is 0. The Kier molecular flexibility index (Phi) is 8.17. The highest BCUT2D eigenvalue weighted by atomic mass is 32.1. The molecule has 0 spiro atoms. The van der Waals surface area contributed by atoms with Gasteiger partial charge in [-0.2, -0.15) is 0 Å². The maximum absolute atomic E-state index is 13.1. The van der Waals surface area contributed by atoms with Crippen LogP contribution in [-0.4, -0.2) is 28.5 Å². The highest BCUT2D eigenvalue weighted by Gasteiger charge is 2.14. The second-order valence-electron chi connectivity index (χ2n) is 6.74. The van der Waals surface area contributed by atoms with Gasteiger partial charge in [0.1, 0.15) is 27.4 Å². The van der Waals surface area contributed by atoms with Crippen molar-refractivity contribution in [3.05, 3.63) is 65.2 Å². The minimum absolute atomic E-state index is 0.117. The molecule has 0 saturated carbocycles. The molecular formula is C22H21F2N3O3S. The lowest BCUT2D eigenvalue weighted by Crippen LogP contribution is -2.30. The summed E-state index contributed by atoms with van der Waals surface area (Å²) in [5.74, 6) is -2.42. The van der Waals surface area contributed by atoms with Crippen LogP contribution >= 0.6 is 11.3 Å². The third kappa shape index (κ3) is 7.21. The van der Waals surface area contributed by atoms with Crippen molar-refractivity contribution in [2.24, 2.45) is 0 Å². The summed E-state index contributed by atoms with van der Waals surface area (Å²) in [6, 6.07) is 12.6. The van der Waals surface area contributed by atoms with Crippen LogP contribution in [0.4, 0.5) is 8.78 Å². The van der Waals surface area contributed by atoms with Crippen molar-refractivity contribution >= 4 is 23.0 Å². The van der Waals surface area contributed by atoms with Crippen LogP contribution in [-0.2, 0) is 16.1 Å². The smallest absolute Gasteiger partial charge is 0.287 e. The van der Waals surface area contributed by atoms with Crippen LogP contribution in [0.2, 0.25) is 0 Å². The fourth-order valence-corrected chi connectivity index (χ4v) is 3.54.